The molecule has 1 unspecified atom stereocenters. The molecule has 37 heavy (non-hydrogen) atoms. The van der Waals surface area contributed by atoms with Gasteiger partial charge in [-0.3, -0.25) is 14.5 Å². The van der Waals surface area contributed by atoms with Crippen LogP contribution >= 0.6 is 0 Å². The number of unbranched alkanes of at least 4 members (excludes halogenated alkanes) is 1. The molecule has 2 fully saturated rings. The number of carbonyl (C=O) groups excluding carboxylic acids is 2. The fourth-order valence-electron chi connectivity index (χ4n) is 4.76. The van der Waals surface area contributed by atoms with E-state index in [2.05, 4.69) is 11.8 Å². The molecule has 1 atom stereocenters. The molecule has 0 radical (unpaired) electrons. The first-order chi connectivity index (χ1) is 18.0. The fourth-order valence-corrected chi connectivity index (χ4v) is 4.76. The highest BCUT2D eigenvalue weighted by Crippen LogP contribution is 2.40. The number of hydrogen-bond donors (Lipinski definition) is 1. The molecule has 1 amide bonds. The summed E-state index contributed by atoms with van der Waals surface area (Å²) < 4.78 is 16.5. The number of carbonyl (C=O) groups is 2. The van der Waals surface area contributed by atoms with Gasteiger partial charge >= 0.3 is 0 Å². The zero-order chi connectivity index (χ0) is 26.2. The number of ether oxygens (including phenoxy) is 3. The van der Waals surface area contributed by atoms with Crippen LogP contribution < -0.4 is 9.47 Å². The summed E-state index contributed by atoms with van der Waals surface area (Å²) in [7, 11) is 1.59. The summed E-state index contributed by atoms with van der Waals surface area (Å²) in [5.41, 5.74) is 1.27. The number of methoxy groups -OCH3 is 1. The van der Waals surface area contributed by atoms with Crippen molar-refractivity contribution >= 4 is 17.4 Å². The van der Waals surface area contributed by atoms with Crippen molar-refractivity contribution in [3.05, 3.63) is 65.2 Å². The molecule has 2 aliphatic heterocycles. The molecule has 2 aromatic rings. The summed E-state index contributed by atoms with van der Waals surface area (Å²) in [6.45, 7) is 6.99. The lowest BCUT2D eigenvalue weighted by Gasteiger charge is -2.29. The third-order valence-electron chi connectivity index (χ3n) is 6.82. The van der Waals surface area contributed by atoms with Crippen molar-refractivity contribution in [2.45, 2.75) is 32.2 Å². The number of aliphatic hydroxyl groups is 1. The van der Waals surface area contributed by atoms with Crippen LogP contribution in [0.4, 0.5) is 0 Å². The highest BCUT2D eigenvalue weighted by atomic mass is 16.5. The molecule has 0 bridgehead atoms. The van der Waals surface area contributed by atoms with Gasteiger partial charge in [0.05, 0.1) is 38.5 Å². The molecule has 0 spiro atoms. The van der Waals surface area contributed by atoms with E-state index in [1.807, 2.05) is 18.2 Å². The first kappa shape index (κ1) is 26.7. The SMILES string of the molecule is CCCCOc1cccc(/C(O)=C2\C(=O)C(=O)N(CCCN3CCOCC3)C2c2ccc(OC)cc2)c1. The minimum Gasteiger partial charge on any atom is -0.507 e. The largest absolute Gasteiger partial charge is 0.507 e. The van der Waals surface area contributed by atoms with Gasteiger partial charge in [-0.1, -0.05) is 37.6 Å². The molecule has 4 rings (SSSR count). The van der Waals surface area contributed by atoms with Gasteiger partial charge in [-0.15, -0.1) is 0 Å². The van der Waals surface area contributed by atoms with Crippen molar-refractivity contribution in [3.8, 4) is 11.5 Å². The number of Topliss-reactive ketones (excluding diaryl/α,β-unsaturated/α-hetero) is 1. The van der Waals surface area contributed by atoms with E-state index in [0.29, 0.717) is 49.8 Å². The number of amides is 1. The lowest BCUT2D eigenvalue weighted by Crippen LogP contribution is -2.38. The molecule has 0 aromatic heterocycles. The highest BCUT2D eigenvalue weighted by molar-refractivity contribution is 6.46. The van der Waals surface area contributed by atoms with Gasteiger partial charge in [0, 0.05) is 31.7 Å². The van der Waals surface area contributed by atoms with Crippen LogP contribution in [0.3, 0.4) is 0 Å². The van der Waals surface area contributed by atoms with Crippen molar-refractivity contribution in [1.29, 1.82) is 0 Å². The Bertz CT molecular complexity index is 1110. The molecule has 8 heteroatoms. The topological polar surface area (TPSA) is 88.5 Å². The third kappa shape index (κ3) is 6.32. The molecule has 198 valence electrons. The van der Waals surface area contributed by atoms with Crippen LogP contribution in [0.25, 0.3) is 5.76 Å². The Morgan fingerprint density at radius 1 is 1.03 bits per heavy atom. The van der Waals surface area contributed by atoms with Crippen molar-refractivity contribution < 1.29 is 28.9 Å². The quantitative estimate of drug-likeness (QED) is 0.212. The first-order valence-electron chi connectivity index (χ1n) is 13.0. The number of aliphatic hydroxyl groups excluding tert-OH is 1. The van der Waals surface area contributed by atoms with Crippen LogP contribution in [0.15, 0.2) is 54.1 Å². The predicted octanol–water partition coefficient (Wildman–Crippen LogP) is 4.02. The Balaban J connectivity index is 1.65. The lowest BCUT2D eigenvalue weighted by molar-refractivity contribution is -0.140. The van der Waals surface area contributed by atoms with Crippen LogP contribution in [0.5, 0.6) is 11.5 Å². The molecule has 2 saturated heterocycles. The van der Waals surface area contributed by atoms with E-state index in [1.165, 1.54) is 0 Å². The van der Waals surface area contributed by atoms with Crippen LogP contribution in [0.2, 0.25) is 0 Å². The fraction of sp³-hybridized carbons (Fsp3) is 0.448. The van der Waals surface area contributed by atoms with Crippen molar-refractivity contribution in [1.82, 2.24) is 9.80 Å². The second-order valence-electron chi connectivity index (χ2n) is 9.30. The Kier molecular flexibility index (Phi) is 9.19. The number of likely N-dealkylation sites (tertiary alicyclic amines) is 1. The maximum Gasteiger partial charge on any atom is 0.295 e. The summed E-state index contributed by atoms with van der Waals surface area (Å²) in [4.78, 5) is 30.4. The summed E-state index contributed by atoms with van der Waals surface area (Å²) >= 11 is 0. The normalized spacial score (nSPS) is 19.8. The third-order valence-corrected chi connectivity index (χ3v) is 6.82. The van der Waals surface area contributed by atoms with Gasteiger partial charge < -0.3 is 24.2 Å². The van der Waals surface area contributed by atoms with Gasteiger partial charge in [-0.05, 0) is 42.7 Å². The van der Waals surface area contributed by atoms with E-state index in [4.69, 9.17) is 14.2 Å². The number of nitrogens with zero attached hydrogens (tertiary/aromatic N) is 2. The van der Waals surface area contributed by atoms with Crippen molar-refractivity contribution in [2.24, 2.45) is 0 Å². The molecule has 2 aromatic carbocycles. The number of benzene rings is 2. The number of rotatable bonds is 11. The van der Waals surface area contributed by atoms with E-state index in [0.717, 1.165) is 38.0 Å². The molecule has 0 aliphatic carbocycles. The number of morpholine rings is 1. The Morgan fingerprint density at radius 2 is 1.78 bits per heavy atom. The van der Waals surface area contributed by atoms with Crippen LogP contribution in [0, 0.1) is 0 Å². The van der Waals surface area contributed by atoms with Crippen LogP contribution in [-0.4, -0.2) is 79.7 Å². The van der Waals surface area contributed by atoms with E-state index < -0.39 is 17.7 Å². The Morgan fingerprint density at radius 3 is 2.49 bits per heavy atom. The minimum absolute atomic E-state index is 0.0900. The molecule has 2 aliphatic rings. The summed E-state index contributed by atoms with van der Waals surface area (Å²) in [5, 5.41) is 11.4. The monoisotopic (exact) mass is 508 g/mol. The molecular formula is C29H36N2O6. The van der Waals surface area contributed by atoms with Gasteiger partial charge in [0.2, 0.25) is 0 Å². The van der Waals surface area contributed by atoms with Crippen LogP contribution in [0.1, 0.15) is 43.4 Å². The summed E-state index contributed by atoms with van der Waals surface area (Å²) in [6.07, 6.45) is 2.64. The van der Waals surface area contributed by atoms with Crippen molar-refractivity contribution in [3.63, 3.8) is 0 Å². The van der Waals surface area contributed by atoms with Crippen molar-refractivity contribution in [2.75, 3.05) is 53.1 Å². The molecule has 0 saturated carbocycles. The molecular weight excluding hydrogens is 472 g/mol. The highest BCUT2D eigenvalue weighted by Gasteiger charge is 2.45. The van der Waals surface area contributed by atoms with E-state index in [-0.39, 0.29) is 11.3 Å². The first-order valence-corrected chi connectivity index (χ1v) is 13.0. The molecule has 8 nitrogen and oxygen atoms in total. The van der Waals surface area contributed by atoms with Gasteiger partial charge in [-0.2, -0.15) is 0 Å². The lowest BCUT2D eigenvalue weighted by atomic mass is 9.95. The molecule has 1 N–H and O–H groups in total. The van der Waals surface area contributed by atoms with E-state index in [1.54, 1.807) is 42.3 Å². The van der Waals surface area contributed by atoms with Gasteiger partial charge in [0.25, 0.3) is 11.7 Å². The average Bonchev–Trinajstić information content (AvgIpc) is 3.18. The van der Waals surface area contributed by atoms with E-state index in [9.17, 15) is 14.7 Å². The number of hydrogen-bond acceptors (Lipinski definition) is 7. The standard InChI is InChI=1S/C29H36N2O6/c1-3-4-17-37-24-8-5-7-22(20-24)27(32)25-26(21-9-11-23(35-2)12-10-21)31(29(34)28(25)33)14-6-13-30-15-18-36-19-16-30/h5,7-12,20,26,32H,3-4,6,13-19H2,1-2H3/b27-25+. The van der Waals surface area contributed by atoms with Gasteiger partial charge in [0.1, 0.15) is 17.3 Å². The second kappa shape index (κ2) is 12.7. The maximum atomic E-state index is 13.3. The zero-order valence-corrected chi connectivity index (χ0v) is 21.7. The summed E-state index contributed by atoms with van der Waals surface area (Å²) in [6, 6.07) is 13.6. The summed E-state index contributed by atoms with van der Waals surface area (Å²) in [5.74, 6) is -0.194. The van der Waals surface area contributed by atoms with Gasteiger partial charge in [-0.25, -0.2) is 0 Å². The smallest absolute Gasteiger partial charge is 0.295 e. The molecule has 2 heterocycles. The maximum absolute atomic E-state index is 13.3. The predicted molar refractivity (Wildman–Crippen MR) is 141 cm³/mol. The average molecular weight is 509 g/mol. The zero-order valence-electron chi connectivity index (χ0n) is 21.7. The second-order valence-corrected chi connectivity index (χ2v) is 9.30. The van der Waals surface area contributed by atoms with Crippen LogP contribution in [-0.2, 0) is 14.3 Å². The Hall–Kier alpha value is -3.36. The van der Waals surface area contributed by atoms with E-state index >= 15 is 0 Å². The van der Waals surface area contributed by atoms with Gasteiger partial charge in [0.15, 0.2) is 0 Å². The number of ketones is 1. The minimum atomic E-state index is -0.694. The Labute approximate surface area is 218 Å².